The van der Waals surface area contributed by atoms with E-state index in [2.05, 4.69) is 15.1 Å². The quantitative estimate of drug-likeness (QED) is 0.697. The van der Waals surface area contributed by atoms with Crippen LogP contribution in [0.5, 0.6) is 5.75 Å². The van der Waals surface area contributed by atoms with Gasteiger partial charge in [0.15, 0.2) is 11.8 Å². The molecule has 7 nitrogen and oxygen atoms in total. The number of benzene rings is 1. The first kappa shape index (κ1) is 18.4. The number of carbonyl (C=O) groups excluding carboxylic acids is 1. The molecule has 0 unspecified atom stereocenters. The molecule has 28 heavy (non-hydrogen) atoms. The fourth-order valence-corrected chi connectivity index (χ4v) is 3.81. The van der Waals surface area contributed by atoms with E-state index in [4.69, 9.17) is 4.74 Å². The molecule has 1 amide bonds. The van der Waals surface area contributed by atoms with Gasteiger partial charge in [0.05, 0.1) is 5.69 Å². The van der Waals surface area contributed by atoms with Crippen molar-refractivity contribution in [2.75, 3.05) is 13.1 Å². The predicted molar refractivity (Wildman–Crippen MR) is 106 cm³/mol. The van der Waals surface area contributed by atoms with Crippen molar-refractivity contribution in [2.24, 2.45) is 7.05 Å². The lowest BCUT2D eigenvalue weighted by molar-refractivity contribution is -0.139. The van der Waals surface area contributed by atoms with Crippen molar-refractivity contribution in [3.8, 4) is 5.75 Å². The number of hydrogen-bond donors (Lipinski definition) is 0. The number of nitrogens with zero attached hydrogens (tertiary/aromatic N) is 5. The average molecular weight is 379 g/mol. The van der Waals surface area contributed by atoms with E-state index >= 15 is 0 Å². The third-order valence-electron chi connectivity index (χ3n) is 5.29. The monoisotopic (exact) mass is 379 g/mol. The molecular weight excluding hydrogens is 354 g/mol. The van der Waals surface area contributed by atoms with Gasteiger partial charge >= 0.3 is 0 Å². The van der Waals surface area contributed by atoms with Crippen LogP contribution in [-0.4, -0.2) is 49.7 Å². The van der Waals surface area contributed by atoms with Crippen LogP contribution >= 0.6 is 0 Å². The first-order chi connectivity index (χ1) is 13.5. The van der Waals surface area contributed by atoms with Crippen molar-refractivity contribution in [2.45, 2.75) is 38.7 Å². The van der Waals surface area contributed by atoms with Crippen LogP contribution in [0.25, 0.3) is 11.2 Å². The Bertz CT molecular complexity index is 982. The van der Waals surface area contributed by atoms with Crippen molar-refractivity contribution in [1.82, 2.24) is 24.6 Å². The molecule has 1 aliphatic rings. The maximum atomic E-state index is 13.0. The van der Waals surface area contributed by atoms with Gasteiger partial charge in [0.25, 0.3) is 5.91 Å². The SMILES string of the molecule is Cc1ccc(O[C@H](C)C(=O)N2CCC[C@H](c3nn(C)c4nccnc34)C2)cc1. The van der Waals surface area contributed by atoms with E-state index in [1.165, 1.54) is 0 Å². The second-order valence-electron chi connectivity index (χ2n) is 7.43. The number of rotatable bonds is 4. The predicted octanol–water partition coefficient (Wildman–Crippen LogP) is 2.85. The van der Waals surface area contributed by atoms with Crippen LogP contribution in [0, 0.1) is 6.92 Å². The Morgan fingerprint density at radius 3 is 2.75 bits per heavy atom. The van der Waals surface area contributed by atoms with Gasteiger partial charge in [-0.2, -0.15) is 5.10 Å². The Kier molecular flexibility index (Phi) is 4.98. The molecular formula is C21H25N5O2. The van der Waals surface area contributed by atoms with E-state index in [1.54, 1.807) is 17.1 Å². The highest BCUT2D eigenvalue weighted by atomic mass is 16.5. The molecule has 1 aliphatic heterocycles. The van der Waals surface area contributed by atoms with E-state index in [-0.39, 0.29) is 11.8 Å². The molecule has 0 bridgehead atoms. The fraction of sp³-hybridized carbons (Fsp3) is 0.429. The number of aromatic nitrogens is 4. The molecule has 1 fully saturated rings. The summed E-state index contributed by atoms with van der Waals surface area (Å²) in [6, 6.07) is 7.76. The molecule has 4 rings (SSSR count). The zero-order valence-corrected chi connectivity index (χ0v) is 16.5. The maximum absolute atomic E-state index is 13.0. The zero-order chi connectivity index (χ0) is 19.7. The van der Waals surface area contributed by atoms with Crippen molar-refractivity contribution in [3.05, 3.63) is 47.9 Å². The molecule has 3 heterocycles. The standard InChI is InChI=1S/C21H25N5O2/c1-14-6-8-17(9-7-14)28-15(2)21(27)26-12-4-5-16(13-26)18-19-20(25(3)24-18)23-11-10-22-19/h6-11,15-16H,4-5,12-13H2,1-3H3/t15-,16+/m1/s1. The molecule has 3 aromatic rings. The number of ether oxygens (including phenoxy) is 1. The third kappa shape index (κ3) is 3.56. The number of likely N-dealkylation sites (tertiary alicyclic amines) is 1. The van der Waals surface area contributed by atoms with E-state index in [9.17, 15) is 4.79 Å². The zero-order valence-electron chi connectivity index (χ0n) is 16.5. The number of fused-ring (bicyclic) bond motifs is 1. The molecule has 0 aliphatic carbocycles. The Morgan fingerprint density at radius 2 is 1.96 bits per heavy atom. The Balaban J connectivity index is 1.48. The highest BCUT2D eigenvalue weighted by Gasteiger charge is 2.31. The molecule has 2 atom stereocenters. The number of hydrogen-bond acceptors (Lipinski definition) is 5. The summed E-state index contributed by atoms with van der Waals surface area (Å²) in [5, 5.41) is 4.65. The molecule has 0 N–H and O–H groups in total. The minimum absolute atomic E-state index is 0.0107. The van der Waals surface area contributed by atoms with E-state index in [0.29, 0.717) is 12.3 Å². The molecule has 7 heteroatoms. The molecule has 2 aromatic heterocycles. The number of carbonyl (C=O) groups is 1. The Labute approximate surface area is 164 Å². The molecule has 146 valence electrons. The highest BCUT2D eigenvalue weighted by Crippen LogP contribution is 2.30. The summed E-state index contributed by atoms with van der Waals surface area (Å²) in [5.41, 5.74) is 3.69. The average Bonchev–Trinajstić information content (AvgIpc) is 3.06. The first-order valence-electron chi connectivity index (χ1n) is 9.68. The number of amides is 1. The van der Waals surface area contributed by atoms with E-state index < -0.39 is 6.10 Å². The van der Waals surface area contributed by atoms with Crippen molar-refractivity contribution in [1.29, 1.82) is 0 Å². The van der Waals surface area contributed by atoms with Crippen LogP contribution in [0.3, 0.4) is 0 Å². The summed E-state index contributed by atoms with van der Waals surface area (Å²) in [6.45, 7) is 5.21. The van der Waals surface area contributed by atoms with Crippen LogP contribution in [-0.2, 0) is 11.8 Å². The van der Waals surface area contributed by atoms with Gasteiger partial charge in [-0.25, -0.2) is 14.6 Å². The molecule has 0 spiro atoms. The smallest absolute Gasteiger partial charge is 0.263 e. The van der Waals surface area contributed by atoms with Crippen LogP contribution in [0.15, 0.2) is 36.7 Å². The van der Waals surface area contributed by atoms with E-state index in [1.807, 2.05) is 50.1 Å². The lowest BCUT2D eigenvalue weighted by Crippen LogP contribution is -2.45. The summed E-state index contributed by atoms with van der Waals surface area (Å²) in [4.78, 5) is 23.7. The summed E-state index contributed by atoms with van der Waals surface area (Å²) >= 11 is 0. The van der Waals surface area contributed by atoms with E-state index in [0.717, 1.165) is 41.8 Å². The largest absolute Gasteiger partial charge is 0.481 e. The maximum Gasteiger partial charge on any atom is 0.263 e. The van der Waals surface area contributed by atoms with Gasteiger partial charge in [0.1, 0.15) is 11.3 Å². The van der Waals surface area contributed by atoms with Crippen LogP contribution in [0.1, 0.15) is 36.9 Å². The van der Waals surface area contributed by atoms with Gasteiger partial charge in [0.2, 0.25) is 0 Å². The van der Waals surface area contributed by atoms with Crippen molar-refractivity contribution >= 4 is 17.1 Å². The number of aryl methyl sites for hydroxylation is 2. The molecule has 0 saturated carbocycles. The van der Waals surface area contributed by atoms with Crippen LogP contribution in [0.4, 0.5) is 0 Å². The Morgan fingerprint density at radius 1 is 1.21 bits per heavy atom. The van der Waals surface area contributed by atoms with Gasteiger partial charge in [-0.1, -0.05) is 17.7 Å². The molecule has 1 aromatic carbocycles. The van der Waals surface area contributed by atoms with Crippen molar-refractivity contribution < 1.29 is 9.53 Å². The van der Waals surface area contributed by atoms with Crippen molar-refractivity contribution in [3.63, 3.8) is 0 Å². The Hall–Kier alpha value is -2.96. The minimum atomic E-state index is -0.526. The van der Waals surface area contributed by atoms with Gasteiger partial charge in [-0.05, 0) is 38.8 Å². The summed E-state index contributed by atoms with van der Waals surface area (Å²) < 4.78 is 7.63. The normalized spacial score (nSPS) is 18.2. The molecule has 1 saturated heterocycles. The van der Waals surface area contributed by atoms with Gasteiger partial charge in [-0.15, -0.1) is 0 Å². The first-order valence-corrected chi connectivity index (χ1v) is 9.68. The van der Waals surface area contributed by atoms with Gasteiger partial charge in [0, 0.05) is 38.4 Å². The number of piperidine rings is 1. The second kappa shape index (κ2) is 7.58. The lowest BCUT2D eigenvalue weighted by atomic mass is 9.94. The molecule has 0 radical (unpaired) electrons. The lowest BCUT2D eigenvalue weighted by Gasteiger charge is -2.33. The summed E-state index contributed by atoms with van der Waals surface area (Å²) in [5.74, 6) is 0.882. The fourth-order valence-electron chi connectivity index (χ4n) is 3.81. The van der Waals surface area contributed by atoms with Crippen LogP contribution in [0.2, 0.25) is 0 Å². The topological polar surface area (TPSA) is 73.1 Å². The summed E-state index contributed by atoms with van der Waals surface area (Å²) in [7, 11) is 1.88. The minimum Gasteiger partial charge on any atom is -0.481 e. The summed E-state index contributed by atoms with van der Waals surface area (Å²) in [6.07, 6.45) is 4.76. The highest BCUT2D eigenvalue weighted by molar-refractivity contribution is 5.81. The van der Waals surface area contributed by atoms with Gasteiger partial charge in [-0.3, -0.25) is 4.79 Å². The third-order valence-corrected chi connectivity index (χ3v) is 5.29. The van der Waals surface area contributed by atoms with Crippen LogP contribution < -0.4 is 4.74 Å². The second-order valence-corrected chi connectivity index (χ2v) is 7.43. The van der Waals surface area contributed by atoms with Gasteiger partial charge < -0.3 is 9.64 Å².